The van der Waals surface area contributed by atoms with Crippen LogP contribution in [-0.4, -0.2) is 31.7 Å². The molecule has 4 N–H and O–H groups in total. The van der Waals surface area contributed by atoms with Gasteiger partial charge in [-0.15, -0.1) is 0 Å². The van der Waals surface area contributed by atoms with Gasteiger partial charge in [0.1, 0.15) is 23.1 Å². The third kappa shape index (κ3) is 4.14. The number of benzene rings is 2. The lowest BCUT2D eigenvalue weighted by Crippen LogP contribution is -2.16. The van der Waals surface area contributed by atoms with Crippen molar-refractivity contribution in [1.29, 1.82) is 0 Å². The predicted octanol–water partition coefficient (Wildman–Crippen LogP) is 4.26. The molecule has 32 heavy (non-hydrogen) atoms. The lowest BCUT2D eigenvalue weighted by Gasteiger charge is -2.11. The largest absolute Gasteiger partial charge is 0.476 e. The van der Waals surface area contributed by atoms with Gasteiger partial charge in [-0.25, -0.2) is 18.9 Å². The average molecular weight is 452 g/mol. The van der Waals surface area contributed by atoms with Gasteiger partial charge in [-0.3, -0.25) is 4.79 Å². The van der Waals surface area contributed by atoms with Gasteiger partial charge < -0.3 is 16.2 Å². The van der Waals surface area contributed by atoms with E-state index in [1.165, 1.54) is 41.1 Å². The summed E-state index contributed by atoms with van der Waals surface area (Å²) in [5.74, 6) is -2.27. The number of nitrogens with one attached hydrogen (secondary N) is 1. The number of hydrogen-bond acceptors (Lipinski definition) is 5. The second-order valence-corrected chi connectivity index (χ2v) is 7.09. The number of pyridine rings is 1. The van der Waals surface area contributed by atoms with E-state index in [4.69, 9.17) is 17.3 Å². The van der Waals surface area contributed by atoms with Gasteiger partial charge in [0, 0.05) is 11.6 Å². The van der Waals surface area contributed by atoms with Gasteiger partial charge in [0.05, 0.1) is 16.3 Å². The first-order chi connectivity index (χ1) is 15.3. The molecule has 0 aliphatic heterocycles. The third-order valence-electron chi connectivity index (χ3n) is 4.52. The monoisotopic (exact) mass is 451 g/mol. The molecule has 2 heterocycles. The summed E-state index contributed by atoms with van der Waals surface area (Å²) in [4.78, 5) is 28.4. The summed E-state index contributed by atoms with van der Waals surface area (Å²) in [6, 6.07) is 16.8. The van der Waals surface area contributed by atoms with Crippen molar-refractivity contribution in [3.8, 4) is 16.9 Å². The highest BCUT2D eigenvalue weighted by atomic mass is 35.5. The number of nitrogens with zero attached hydrogens (tertiary/aromatic N) is 3. The quantitative estimate of drug-likeness (QED) is 0.416. The molecule has 0 bridgehead atoms. The highest BCUT2D eigenvalue weighted by molar-refractivity contribution is 6.34. The Kier molecular flexibility index (Phi) is 5.57. The van der Waals surface area contributed by atoms with Crippen LogP contribution in [0.5, 0.6) is 0 Å². The molecule has 1 amide bonds. The Balaban J connectivity index is 1.72. The normalized spacial score (nSPS) is 10.7. The fourth-order valence-electron chi connectivity index (χ4n) is 3.03. The van der Waals surface area contributed by atoms with Gasteiger partial charge in [0.25, 0.3) is 5.91 Å². The fraction of sp³-hybridized carbons (Fsp3) is 0. The van der Waals surface area contributed by atoms with E-state index < -0.39 is 17.7 Å². The van der Waals surface area contributed by atoms with Crippen molar-refractivity contribution in [1.82, 2.24) is 14.8 Å². The molecule has 0 aliphatic rings. The Morgan fingerprint density at radius 1 is 1.06 bits per heavy atom. The van der Waals surface area contributed by atoms with Crippen molar-refractivity contribution in [2.24, 2.45) is 0 Å². The lowest BCUT2D eigenvalue weighted by molar-refractivity contribution is 0.0689. The summed E-state index contributed by atoms with van der Waals surface area (Å²) < 4.78 is 15.5. The SMILES string of the molecule is Nc1ccc(F)c(-c2ccc(Cl)c(C(=O)Nc3cc(C(=O)O)nn3-c3ccccc3)c2)n1. The van der Waals surface area contributed by atoms with E-state index in [9.17, 15) is 19.1 Å². The molecule has 2 aromatic carbocycles. The Hall–Kier alpha value is -4.24. The van der Waals surface area contributed by atoms with Crippen LogP contribution in [0.25, 0.3) is 16.9 Å². The maximum Gasteiger partial charge on any atom is 0.356 e. The van der Waals surface area contributed by atoms with E-state index in [-0.39, 0.29) is 33.6 Å². The van der Waals surface area contributed by atoms with Crippen molar-refractivity contribution >= 4 is 35.1 Å². The minimum Gasteiger partial charge on any atom is -0.476 e. The van der Waals surface area contributed by atoms with Crippen molar-refractivity contribution in [2.45, 2.75) is 0 Å². The summed E-state index contributed by atoms with van der Waals surface area (Å²) in [5, 5.41) is 16.1. The third-order valence-corrected chi connectivity index (χ3v) is 4.85. The molecule has 0 spiro atoms. The predicted molar refractivity (Wildman–Crippen MR) is 118 cm³/mol. The van der Waals surface area contributed by atoms with Gasteiger partial charge >= 0.3 is 5.97 Å². The van der Waals surface area contributed by atoms with Crippen LogP contribution in [0.1, 0.15) is 20.8 Å². The topological polar surface area (TPSA) is 123 Å². The molecule has 0 saturated carbocycles. The molecule has 0 unspecified atom stereocenters. The summed E-state index contributed by atoms with van der Waals surface area (Å²) >= 11 is 6.21. The molecule has 4 rings (SSSR count). The zero-order chi connectivity index (χ0) is 22.8. The maximum atomic E-state index is 14.2. The molecule has 10 heteroatoms. The minimum atomic E-state index is -1.25. The van der Waals surface area contributed by atoms with Crippen LogP contribution in [0.2, 0.25) is 5.02 Å². The van der Waals surface area contributed by atoms with E-state index in [1.807, 2.05) is 0 Å². The van der Waals surface area contributed by atoms with E-state index in [0.717, 1.165) is 0 Å². The van der Waals surface area contributed by atoms with Gasteiger partial charge in [-0.2, -0.15) is 5.10 Å². The number of nitrogen functional groups attached to an aromatic ring is 1. The smallest absolute Gasteiger partial charge is 0.356 e. The van der Waals surface area contributed by atoms with Crippen molar-refractivity contribution in [2.75, 3.05) is 11.1 Å². The van der Waals surface area contributed by atoms with Crippen LogP contribution in [0, 0.1) is 5.82 Å². The van der Waals surface area contributed by atoms with E-state index in [1.54, 1.807) is 30.3 Å². The molecular formula is C22H15ClFN5O3. The van der Waals surface area contributed by atoms with E-state index in [2.05, 4.69) is 15.4 Å². The number of carboxylic acid groups (broad SMARTS) is 1. The van der Waals surface area contributed by atoms with Gasteiger partial charge in [-0.1, -0.05) is 35.9 Å². The number of aromatic nitrogens is 3. The highest BCUT2D eigenvalue weighted by Gasteiger charge is 2.19. The summed E-state index contributed by atoms with van der Waals surface area (Å²) in [6.45, 7) is 0. The zero-order valence-electron chi connectivity index (χ0n) is 16.3. The standard InChI is InChI=1S/C22H15ClFN5O3/c23-15-7-6-12(20-16(24)8-9-18(25)26-20)10-14(15)21(30)27-19-11-17(22(31)32)28-29(19)13-4-2-1-3-5-13/h1-11H,(H2,25,26)(H,27,30)(H,31,32). The van der Waals surface area contributed by atoms with Crippen LogP contribution in [0.15, 0.2) is 66.7 Å². The van der Waals surface area contributed by atoms with E-state index >= 15 is 0 Å². The second-order valence-electron chi connectivity index (χ2n) is 6.68. The van der Waals surface area contributed by atoms with Crippen molar-refractivity contribution in [3.05, 3.63) is 88.8 Å². The maximum absolute atomic E-state index is 14.2. The number of para-hydroxylation sites is 1. The van der Waals surface area contributed by atoms with Crippen LogP contribution < -0.4 is 11.1 Å². The molecular weight excluding hydrogens is 437 g/mol. The number of carbonyl (C=O) groups excluding carboxylic acids is 1. The molecule has 4 aromatic rings. The number of halogens is 2. The molecule has 0 saturated heterocycles. The number of carboxylic acids is 1. The van der Waals surface area contributed by atoms with Crippen LogP contribution in [0.4, 0.5) is 16.0 Å². The Bertz CT molecular complexity index is 1340. The van der Waals surface area contributed by atoms with Crippen LogP contribution >= 0.6 is 11.6 Å². The lowest BCUT2D eigenvalue weighted by atomic mass is 10.1. The zero-order valence-corrected chi connectivity index (χ0v) is 17.0. The Morgan fingerprint density at radius 2 is 1.81 bits per heavy atom. The number of aromatic carboxylic acids is 1. The fourth-order valence-corrected chi connectivity index (χ4v) is 3.23. The number of rotatable bonds is 5. The number of hydrogen-bond donors (Lipinski definition) is 3. The van der Waals surface area contributed by atoms with Crippen molar-refractivity contribution in [3.63, 3.8) is 0 Å². The van der Waals surface area contributed by atoms with Crippen LogP contribution in [0.3, 0.4) is 0 Å². The number of carbonyl (C=O) groups is 2. The van der Waals surface area contributed by atoms with Gasteiger partial charge in [0.2, 0.25) is 0 Å². The number of nitrogens with two attached hydrogens (primary N) is 1. The number of anilines is 2. The summed E-state index contributed by atoms with van der Waals surface area (Å²) in [7, 11) is 0. The Morgan fingerprint density at radius 3 is 2.53 bits per heavy atom. The summed E-state index contributed by atoms with van der Waals surface area (Å²) in [6.07, 6.45) is 0. The van der Waals surface area contributed by atoms with Gasteiger partial charge in [0.15, 0.2) is 5.69 Å². The first kappa shape index (κ1) is 21.0. The number of amides is 1. The molecule has 2 aromatic heterocycles. The average Bonchev–Trinajstić information content (AvgIpc) is 3.20. The minimum absolute atomic E-state index is 0.0294. The second kappa shape index (κ2) is 8.48. The molecule has 0 atom stereocenters. The first-order valence-electron chi connectivity index (χ1n) is 9.25. The van der Waals surface area contributed by atoms with Crippen molar-refractivity contribution < 1.29 is 19.1 Å². The molecule has 8 nitrogen and oxygen atoms in total. The van der Waals surface area contributed by atoms with E-state index in [0.29, 0.717) is 11.3 Å². The molecule has 0 radical (unpaired) electrons. The Labute approximate surface area is 186 Å². The molecule has 160 valence electrons. The highest BCUT2D eigenvalue weighted by Crippen LogP contribution is 2.28. The first-order valence-corrected chi connectivity index (χ1v) is 9.63. The molecule has 0 fully saturated rings. The molecule has 0 aliphatic carbocycles. The van der Waals surface area contributed by atoms with Gasteiger partial charge in [-0.05, 0) is 36.4 Å². The summed E-state index contributed by atoms with van der Waals surface area (Å²) in [5.41, 5.74) is 6.24. The van der Waals surface area contributed by atoms with Crippen LogP contribution in [-0.2, 0) is 0 Å².